The molecule has 0 aliphatic heterocycles. The van der Waals surface area contributed by atoms with E-state index >= 15 is 0 Å². The molecule has 0 heteroatoms. The highest BCUT2D eigenvalue weighted by Crippen LogP contribution is 2.54. The van der Waals surface area contributed by atoms with Crippen LogP contribution in [0, 0.1) is 6.92 Å². The Balaban J connectivity index is 2.07. The minimum atomic E-state index is 0.0542. The number of benzene rings is 2. The molecular weight excluding hydrogens is 288 g/mol. The van der Waals surface area contributed by atoms with Gasteiger partial charge in [0.2, 0.25) is 0 Å². The first kappa shape index (κ1) is 15.4. The fraction of sp³-hybridized carbons (Fsp3) is 0.333. The summed E-state index contributed by atoms with van der Waals surface area (Å²) in [5.41, 5.74) is 12.8. The van der Waals surface area contributed by atoms with Crippen molar-refractivity contribution in [3.63, 3.8) is 0 Å². The Labute approximate surface area is 145 Å². The smallest absolute Gasteiger partial charge is 0.0159 e. The lowest BCUT2D eigenvalue weighted by molar-refractivity contribution is 0.635. The maximum atomic E-state index is 4.08. The van der Waals surface area contributed by atoms with E-state index in [9.17, 15) is 0 Å². The third kappa shape index (κ3) is 1.69. The predicted molar refractivity (Wildman–Crippen MR) is 105 cm³/mol. The fourth-order valence-electron chi connectivity index (χ4n) is 4.64. The van der Waals surface area contributed by atoms with Gasteiger partial charge in [0.15, 0.2) is 0 Å². The zero-order chi connectivity index (χ0) is 17.4. The molecule has 0 N–H and O–H groups in total. The maximum Gasteiger partial charge on any atom is 0.0159 e. The molecule has 0 fully saturated rings. The first-order valence-corrected chi connectivity index (χ1v) is 8.84. The van der Waals surface area contributed by atoms with E-state index in [1.54, 1.807) is 0 Å². The van der Waals surface area contributed by atoms with Crippen LogP contribution in [0.3, 0.4) is 0 Å². The number of allylic oxidation sites excluding steroid dienone is 3. The molecule has 0 atom stereocenters. The topological polar surface area (TPSA) is 0 Å². The second kappa shape index (κ2) is 4.51. The summed E-state index contributed by atoms with van der Waals surface area (Å²) < 4.78 is 0. The van der Waals surface area contributed by atoms with E-state index in [-0.39, 0.29) is 10.8 Å². The maximum absolute atomic E-state index is 4.08. The summed E-state index contributed by atoms with van der Waals surface area (Å²) >= 11 is 0. The second-order valence-electron chi connectivity index (χ2n) is 8.49. The van der Waals surface area contributed by atoms with Gasteiger partial charge in [-0.05, 0) is 64.9 Å². The lowest BCUT2D eigenvalue weighted by atomic mass is 9.78. The monoisotopic (exact) mass is 314 g/mol. The number of aryl methyl sites for hydroxylation is 1. The van der Waals surface area contributed by atoms with Crippen LogP contribution in [0.2, 0.25) is 0 Å². The van der Waals surface area contributed by atoms with Gasteiger partial charge in [-0.25, -0.2) is 0 Å². The summed E-state index contributed by atoms with van der Waals surface area (Å²) in [6, 6.07) is 11.8. The zero-order valence-electron chi connectivity index (χ0n) is 15.7. The van der Waals surface area contributed by atoms with E-state index in [0.29, 0.717) is 0 Å². The largest absolute Gasteiger partial charge is 0.0984 e. The average Bonchev–Trinajstić information content (AvgIpc) is 2.85. The Bertz CT molecular complexity index is 933. The first-order valence-electron chi connectivity index (χ1n) is 8.84. The van der Waals surface area contributed by atoms with E-state index in [1.807, 2.05) is 6.08 Å². The lowest BCUT2D eigenvalue weighted by Crippen LogP contribution is -2.17. The summed E-state index contributed by atoms with van der Waals surface area (Å²) in [4.78, 5) is 0. The Kier molecular flexibility index (Phi) is 2.90. The van der Waals surface area contributed by atoms with Crippen LogP contribution in [-0.2, 0) is 10.8 Å². The summed E-state index contributed by atoms with van der Waals surface area (Å²) in [7, 11) is 0. The molecule has 0 radical (unpaired) electrons. The number of fused-ring (bicyclic) bond motifs is 4. The molecule has 4 rings (SSSR count). The highest BCUT2D eigenvalue weighted by molar-refractivity contribution is 5.90. The molecular formula is C24H26. The van der Waals surface area contributed by atoms with E-state index < -0.39 is 0 Å². The van der Waals surface area contributed by atoms with Crippen LogP contribution < -0.4 is 0 Å². The van der Waals surface area contributed by atoms with Crippen LogP contribution in [0.1, 0.15) is 62.4 Å². The van der Waals surface area contributed by atoms with Gasteiger partial charge in [0, 0.05) is 10.8 Å². The van der Waals surface area contributed by atoms with Crippen molar-refractivity contribution >= 4 is 5.57 Å². The molecule has 0 saturated heterocycles. The predicted octanol–water partition coefficient (Wildman–Crippen LogP) is 6.55. The molecule has 0 heterocycles. The van der Waals surface area contributed by atoms with E-state index in [0.717, 1.165) is 0 Å². The summed E-state index contributed by atoms with van der Waals surface area (Å²) in [6.45, 7) is 17.9. The number of rotatable bonds is 1. The minimum Gasteiger partial charge on any atom is -0.0984 e. The standard InChI is InChI=1S/C24H26/c1-8-16-15(3)23(4,5)21-13-19-17-10-9-14(2)11-20(17)24(6,7)22(19)12-18(16)21/h8-13H,1H2,2-7H3. The molecule has 2 aliphatic rings. The Morgan fingerprint density at radius 3 is 2.00 bits per heavy atom. The van der Waals surface area contributed by atoms with Crippen LogP contribution in [0.15, 0.2) is 48.6 Å². The summed E-state index contributed by atoms with van der Waals surface area (Å²) in [6.07, 6.45) is 2.04. The van der Waals surface area contributed by atoms with Crippen molar-refractivity contribution in [3.05, 3.63) is 76.4 Å². The third-order valence-electron chi connectivity index (χ3n) is 6.48. The second-order valence-corrected chi connectivity index (χ2v) is 8.49. The van der Waals surface area contributed by atoms with Crippen molar-refractivity contribution in [3.8, 4) is 11.1 Å². The Hall–Kier alpha value is -2.08. The minimum absolute atomic E-state index is 0.0542. The van der Waals surface area contributed by atoms with Crippen molar-refractivity contribution in [2.75, 3.05) is 0 Å². The van der Waals surface area contributed by atoms with Crippen LogP contribution >= 0.6 is 0 Å². The van der Waals surface area contributed by atoms with Crippen LogP contribution in [0.4, 0.5) is 0 Å². The molecule has 0 amide bonds. The number of hydrogen-bond donors (Lipinski definition) is 0. The molecule has 2 aromatic carbocycles. The zero-order valence-corrected chi connectivity index (χ0v) is 15.7. The summed E-state index contributed by atoms with van der Waals surface area (Å²) in [5.74, 6) is 0. The van der Waals surface area contributed by atoms with Gasteiger partial charge >= 0.3 is 0 Å². The van der Waals surface area contributed by atoms with Gasteiger partial charge in [0.1, 0.15) is 0 Å². The van der Waals surface area contributed by atoms with Gasteiger partial charge in [-0.2, -0.15) is 0 Å². The SMILES string of the molecule is C=CC1=C(C)C(C)(C)c2cc3c(cc21)C(C)(C)c1cc(C)ccc1-3. The quantitative estimate of drug-likeness (QED) is 0.559. The van der Waals surface area contributed by atoms with Crippen molar-refractivity contribution in [1.29, 1.82) is 0 Å². The number of hydrogen-bond acceptors (Lipinski definition) is 0. The van der Waals surface area contributed by atoms with Gasteiger partial charge in [-0.1, -0.05) is 69.7 Å². The van der Waals surface area contributed by atoms with E-state index in [1.165, 1.54) is 50.1 Å². The van der Waals surface area contributed by atoms with Gasteiger partial charge in [-0.15, -0.1) is 0 Å². The van der Waals surface area contributed by atoms with Crippen LogP contribution in [-0.4, -0.2) is 0 Å². The normalized spacial score (nSPS) is 19.1. The van der Waals surface area contributed by atoms with Crippen molar-refractivity contribution in [1.82, 2.24) is 0 Å². The molecule has 2 aliphatic carbocycles. The van der Waals surface area contributed by atoms with Gasteiger partial charge in [0.05, 0.1) is 0 Å². The van der Waals surface area contributed by atoms with Crippen molar-refractivity contribution in [2.24, 2.45) is 0 Å². The highest BCUT2D eigenvalue weighted by Gasteiger charge is 2.40. The average molecular weight is 314 g/mol. The molecule has 24 heavy (non-hydrogen) atoms. The molecule has 0 bridgehead atoms. The van der Waals surface area contributed by atoms with E-state index in [2.05, 4.69) is 78.5 Å². The molecule has 0 unspecified atom stereocenters. The summed E-state index contributed by atoms with van der Waals surface area (Å²) in [5, 5.41) is 0. The molecule has 0 spiro atoms. The first-order chi connectivity index (χ1) is 11.2. The molecule has 122 valence electrons. The molecule has 2 aromatic rings. The molecule has 0 aromatic heterocycles. The van der Waals surface area contributed by atoms with Gasteiger partial charge in [-0.3, -0.25) is 0 Å². The Morgan fingerprint density at radius 1 is 0.750 bits per heavy atom. The fourth-order valence-corrected chi connectivity index (χ4v) is 4.64. The molecule has 0 saturated carbocycles. The van der Waals surface area contributed by atoms with Crippen molar-refractivity contribution in [2.45, 2.75) is 52.4 Å². The van der Waals surface area contributed by atoms with E-state index in [4.69, 9.17) is 0 Å². The van der Waals surface area contributed by atoms with Crippen LogP contribution in [0.5, 0.6) is 0 Å². The third-order valence-corrected chi connectivity index (χ3v) is 6.48. The highest BCUT2D eigenvalue weighted by atomic mass is 14.4. The Morgan fingerprint density at radius 2 is 1.33 bits per heavy atom. The lowest BCUT2D eigenvalue weighted by Gasteiger charge is -2.25. The van der Waals surface area contributed by atoms with Gasteiger partial charge < -0.3 is 0 Å². The van der Waals surface area contributed by atoms with Crippen LogP contribution in [0.25, 0.3) is 16.7 Å². The molecule has 0 nitrogen and oxygen atoms in total. The van der Waals surface area contributed by atoms with Gasteiger partial charge in [0.25, 0.3) is 0 Å². The van der Waals surface area contributed by atoms with Crippen molar-refractivity contribution < 1.29 is 0 Å².